The number of furan rings is 1. The van der Waals surface area contributed by atoms with Gasteiger partial charge in [-0.1, -0.05) is 37.0 Å². The first-order chi connectivity index (χ1) is 8.97. The van der Waals surface area contributed by atoms with Crippen LogP contribution in [0, 0.1) is 6.92 Å². The third kappa shape index (κ3) is 2.01. The number of benzene rings is 2. The Morgan fingerprint density at radius 3 is 2.47 bits per heavy atom. The van der Waals surface area contributed by atoms with Gasteiger partial charge in [0.25, 0.3) is 0 Å². The average molecular weight is 293 g/mol. The second kappa shape index (κ2) is 4.43. The maximum atomic E-state index is 6.43. The van der Waals surface area contributed by atoms with Gasteiger partial charge in [0.15, 0.2) is 0 Å². The Morgan fingerprint density at radius 1 is 1.05 bits per heavy atom. The predicted molar refractivity (Wildman–Crippen MR) is 82.6 cm³/mol. The molecule has 0 saturated heterocycles. The molecule has 0 bridgehead atoms. The zero-order valence-electron chi connectivity index (χ0n) is 11.1. The summed E-state index contributed by atoms with van der Waals surface area (Å²) < 4.78 is 5.97. The van der Waals surface area contributed by atoms with Gasteiger partial charge in [-0.05, 0) is 48.2 Å². The fraction of sp³-hybridized carbons (Fsp3) is 0.250. The number of aryl methyl sites for hydroxylation is 1. The van der Waals surface area contributed by atoms with Crippen molar-refractivity contribution in [1.82, 2.24) is 0 Å². The van der Waals surface area contributed by atoms with E-state index in [0.717, 1.165) is 32.5 Å². The Bertz CT molecular complexity index is 784. The Morgan fingerprint density at radius 2 is 1.79 bits per heavy atom. The molecule has 19 heavy (non-hydrogen) atoms. The Hall–Kier alpha value is -1.18. The highest BCUT2D eigenvalue weighted by Crippen LogP contribution is 2.38. The molecule has 1 aromatic heterocycles. The van der Waals surface area contributed by atoms with Crippen molar-refractivity contribution in [3.05, 3.63) is 45.4 Å². The molecule has 0 aliphatic carbocycles. The third-order valence-corrected chi connectivity index (χ3v) is 3.98. The van der Waals surface area contributed by atoms with E-state index < -0.39 is 0 Å². The summed E-state index contributed by atoms with van der Waals surface area (Å²) in [6.07, 6.45) is 0. The van der Waals surface area contributed by atoms with Gasteiger partial charge in [0.2, 0.25) is 0 Å². The van der Waals surface area contributed by atoms with Gasteiger partial charge >= 0.3 is 0 Å². The van der Waals surface area contributed by atoms with Crippen molar-refractivity contribution < 1.29 is 4.42 Å². The van der Waals surface area contributed by atoms with Crippen LogP contribution in [0.1, 0.15) is 30.9 Å². The highest BCUT2D eigenvalue weighted by molar-refractivity contribution is 6.38. The van der Waals surface area contributed by atoms with Crippen molar-refractivity contribution in [3.8, 4) is 0 Å². The molecule has 98 valence electrons. The molecule has 3 aromatic rings. The lowest BCUT2D eigenvalue weighted by Crippen LogP contribution is -1.86. The number of fused-ring (bicyclic) bond motifs is 3. The molecule has 3 heteroatoms. The van der Waals surface area contributed by atoms with Crippen LogP contribution >= 0.6 is 23.2 Å². The molecule has 0 saturated carbocycles. The first kappa shape index (κ1) is 12.8. The molecule has 0 radical (unpaired) electrons. The lowest BCUT2D eigenvalue weighted by Gasteiger charge is -2.05. The van der Waals surface area contributed by atoms with Crippen LogP contribution in [0.4, 0.5) is 0 Å². The van der Waals surface area contributed by atoms with E-state index in [2.05, 4.69) is 19.9 Å². The van der Waals surface area contributed by atoms with Gasteiger partial charge in [0.05, 0.1) is 5.02 Å². The lowest BCUT2D eigenvalue weighted by molar-refractivity contribution is 0.664. The summed E-state index contributed by atoms with van der Waals surface area (Å²) in [5.74, 6) is 0.416. The van der Waals surface area contributed by atoms with Crippen LogP contribution in [0.5, 0.6) is 0 Å². The van der Waals surface area contributed by atoms with Gasteiger partial charge in [-0.15, -0.1) is 0 Å². The maximum Gasteiger partial charge on any atom is 0.138 e. The van der Waals surface area contributed by atoms with E-state index in [0.29, 0.717) is 10.9 Å². The molecular weight excluding hydrogens is 279 g/mol. The van der Waals surface area contributed by atoms with Gasteiger partial charge in [-0.25, -0.2) is 0 Å². The largest absolute Gasteiger partial charge is 0.456 e. The van der Waals surface area contributed by atoms with Crippen LogP contribution in [-0.2, 0) is 0 Å². The summed E-state index contributed by atoms with van der Waals surface area (Å²) in [4.78, 5) is 0. The second-order valence-corrected chi connectivity index (χ2v) is 6.08. The minimum Gasteiger partial charge on any atom is -0.456 e. The summed E-state index contributed by atoms with van der Waals surface area (Å²) >= 11 is 12.6. The highest BCUT2D eigenvalue weighted by atomic mass is 35.5. The van der Waals surface area contributed by atoms with Gasteiger partial charge in [0.1, 0.15) is 11.2 Å². The summed E-state index contributed by atoms with van der Waals surface area (Å²) in [6.45, 7) is 6.28. The molecule has 0 N–H and O–H groups in total. The first-order valence-corrected chi connectivity index (χ1v) is 7.04. The van der Waals surface area contributed by atoms with E-state index in [-0.39, 0.29) is 0 Å². The number of hydrogen-bond donors (Lipinski definition) is 0. The molecule has 0 aliphatic heterocycles. The topological polar surface area (TPSA) is 13.1 Å². The molecule has 0 amide bonds. The lowest BCUT2D eigenvalue weighted by atomic mass is 10.0. The summed E-state index contributed by atoms with van der Waals surface area (Å²) in [6, 6.07) is 7.90. The van der Waals surface area contributed by atoms with Gasteiger partial charge in [-0.2, -0.15) is 0 Å². The van der Waals surface area contributed by atoms with Crippen LogP contribution in [-0.4, -0.2) is 0 Å². The zero-order chi connectivity index (χ0) is 13.7. The molecule has 1 nitrogen and oxygen atoms in total. The van der Waals surface area contributed by atoms with Gasteiger partial charge in [-0.3, -0.25) is 0 Å². The Labute approximate surface area is 122 Å². The molecule has 2 aromatic carbocycles. The molecule has 0 spiro atoms. The van der Waals surface area contributed by atoms with Crippen LogP contribution in [0.2, 0.25) is 10.0 Å². The molecule has 0 atom stereocenters. The van der Waals surface area contributed by atoms with E-state index >= 15 is 0 Å². The molecular formula is C16H14Cl2O. The van der Waals surface area contributed by atoms with E-state index in [1.807, 2.05) is 25.1 Å². The molecule has 0 unspecified atom stereocenters. The third-order valence-electron chi connectivity index (χ3n) is 3.46. The molecule has 1 heterocycles. The predicted octanol–water partition coefficient (Wildman–Crippen LogP) is 6.32. The summed E-state index contributed by atoms with van der Waals surface area (Å²) in [5, 5.41) is 3.37. The first-order valence-electron chi connectivity index (χ1n) is 6.29. The maximum absolute atomic E-state index is 6.43. The van der Waals surface area contributed by atoms with E-state index in [1.165, 1.54) is 5.56 Å². The number of halogens is 2. The Kier molecular flexibility index (Phi) is 2.99. The highest BCUT2D eigenvalue weighted by Gasteiger charge is 2.15. The smallest absolute Gasteiger partial charge is 0.138 e. The van der Waals surface area contributed by atoms with Gasteiger partial charge < -0.3 is 4.42 Å². The van der Waals surface area contributed by atoms with Crippen molar-refractivity contribution in [2.75, 3.05) is 0 Å². The van der Waals surface area contributed by atoms with Crippen molar-refractivity contribution in [2.45, 2.75) is 26.7 Å². The minimum atomic E-state index is 0.416. The fourth-order valence-electron chi connectivity index (χ4n) is 2.44. The van der Waals surface area contributed by atoms with Gasteiger partial charge in [0, 0.05) is 15.8 Å². The van der Waals surface area contributed by atoms with Crippen LogP contribution in [0.3, 0.4) is 0 Å². The normalized spacial score (nSPS) is 11.9. The average Bonchev–Trinajstić information content (AvgIpc) is 2.68. The molecule has 0 fully saturated rings. The SMILES string of the molecule is Cc1cc(Cl)cc2c1oc1cc(C(C)C)cc(Cl)c12. The quantitative estimate of drug-likeness (QED) is 0.511. The van der Waals surface area contributed by atoms with E-state index in [9.17, 15) is 0 Å². The van der Waals surface area contributed by atoms with Crippen molar-refractivity contribution >= 4 is 45.1 Å². The molecule has 3 rings (SSSR count). The van der Waals surface area contributed by atoms with E-state index in [1.54, 1.807) is 0 Å². The minimum absolute atomic E-state index is 0.416. The monoisotopic (exact) mass is 292 g/mol. The van der Waals surface area contributed by atoms with Crippen molar-refractivity contribution in [1.29, 1.82) is 0 Å². The van der Waals surface area contributed by atoms with Crippen LogP contribution in [0.15, 0.2) is 28.7 Å². The van der Waals surface area contributed by atoms with Crippen molar-refractivity contribution in [2.24, 2.45) is 0 Å². The Balaban J connectivity index is 2.47. The summed E-state index contributed by atoms with van der Waals surface area (Å²) in [7, 11) is 0. The van der Waals surface area contributed by atoms with Crippen LogP contribution < -0.4 is 0 Å². The zero-order valence-corrected chi connectivity index (χ0v) is 12.6. The number of rotatable bonds is 1. The number of hydrogen-bond acceptors (Lipinski definition) is 1. The van der Waals surface area contributed by atoms with Crippen LogP contribution in [0.25, 0.3) is 21.9 Å². The standard InChI is InChI=1S/C16H14Cl2O/c1-8(2)10-5-13(18)15-12-7-11(17)4-9(3)16(12)19-14(15)6-10/h4-8H,1-3H3. The van der Waals surface area contributed by atoms with Crippen molar-refractivity contribution in [3.63, 3.8) is 0 Å². The second-order valence-electron chi connectivity index (χ2n) is 5.23. The van der Waals surface area contributed by atoms with E-state index in [4.69, 9.17) is 27.6 Å². The molecule has 0 aliphatic rings. The fourth-order valence-corrected chi connectivity index (χ4v) is 3.03. The summed E-state index contributed by atoms with van der Waals surface area (Å²) in [5.41, 5.74) is 3.90.